The Morgan fingerprint density at radius 3 is 2.87 bits per heavy atom. The molecule has 1 unspecified atom stereocenters. The van der Waals surface area contributed by atoms with Gasteiger partial charge in [-0.1, -0.05) is 19.1 Å². The maximum atomic E-state index is 12.0. The summed E-state index contributed by atoms with van der Waals surface area (Å²) in [5, 5.41) is 3.32. The molecule has 84 valence electrons. The number of nitrogens with zero attached hydrogens (tertiary/aromatic N) is 1. The van der Waals surface area contributed by atoms with Crippen LogP contribution >= 0.6 is 0 Å². The molecular formula is C12H20N2O. The fourth-order valence-electron chi connectivity index (χ4n) is 2.43. The Balaban J connectivity index is 1.86. The third-order valence-electron chi connectivity index (χ3n) is 3.30. The van der Waals surface area contributed by atoms with Gasteiger partial charge in [-0.25, -0.2) is 0 Å². The zero-order valence-corrected chi connectivity index (χ0v) is 9.41. The van der Waals surface area contributed by atoms with Gasteiger partial charge in [-0.3, -0.25) is 4.79 Å². The fraction of sp³-hybridized carbons (Fsp3) is 0.750. The van der Waals surface area contributed by atoms with Crippen LogP contribution in [0.4, 0.5) is 0 Å². The monoisotopic (exact) mass is 208 g/mol. The van der Waals surface area contributed by atoms with Crippen LogP contribution in [0.15, 0.2) is 12.2 Å². The Hall–Kier alpha value is -0.830. The molecule has 1 fully saturated rings. The standard InChI is InChI=1S/C12H20N2O/c1-2-8-13-11-7-9-14(12(11)15)10-5-3-4-6-10/h3-4,10-11,13H,2,5-9H2,1H3. The third kappa shape index (κ3) is 2.23. The smallest absolute Gasteiger partial charge is 0.240 e. The summed E-state index contributed by atoms with van der Waals surface area (Å²) in [7, 11) is 0. The highest BCUT2D eigenvalue weighted by Crippen LogP contribution is 2.22. The van der Waals surface area contributed by atoms with E-state index in [2.05, 4.69) is 29.3 Å². The molecule has 3 heteroatoms. The van der Waals surface area contributed by atoms with E-state index in [4.69, 9.17) is 0 Å². The maximum Gasteiger partial charge on any atom is 0.240 e. The number of carbonyl (C=O) groups is 1. The molecule has 0 aromatic heterocycles. The molecule has 3 nitrogen and oxygen atoms in total. The summed E-state index contributed by atoms with van der Waals surface area (Å²) in [6.07, 6.45) is 8.54. The highest BCUT2D eigenvalue weighted by molar-refractivity contribution is 5.84. The van der Waals surface area contributed by atoms with Gasteiger partial charge >= 0.3 is 0 Å². The summed E-state index contributed by atoms with van der Waals surface area (Å²) in [6.45, 7) is 4.02. The van der Waals surface area contributed by atoms with Crippen LogP contribution in [0, 0.1) is 0 Å². The second kappa shape index (κ2) is 4.79. The molecule has 0 spiro atoms. The number of rotatable bonds is 4. The molecule has 15 heavy (non-hydrogen) atoms. The second-order valence-electron chi connectivity index (χ2n) is 4.42. The average Bonchev–Trinajstić information content (AvgIpc) is 2.84. The number of hydrogen-bond acceptors (Lipinski definition) is 2. The molecule has 1 aliphatic carbocycles. The molecule has 1 atom stereocenters. The first-order chi connectivity index (χ1) is 7.33. The summed E-state index contributed by atoms with van der Waals surface area (Å²) in [6, 6.07) is 0.538. The molecule has 0 bridgehead atoms. The van der Waals surface area contributed by atoms with Crippen LogP contribution in [0.2, 0.25) is 0 Å². The van der Waals surface area contributed by atoms with Crippen molar-refractivity contribution in [1.82, 2.24) is 10.2 Å². The van der Waals surface area contributed by atoms with E-state index >= 15 is 0 Å². The molecule has 1 N–H and O–H groups in total. The van der Waals surface area contributed by atoms with Gasteiger partial charge in [0, 0.05) is 12.6 Å². The quantitative estimate of drug-likeness (QED) is 0.706. The lowest BCUT2D eigenvalue weighted by Crippen LogP contribution is -2.42. The van der Waals surface area contributed by atoms with Gasteiger partial charge in [0.1, 0.15) is 0 Å². The van der Waals surface area contributed by atoms with Crippen molar-refractivity contribution in [2.45, 2.75) is 44.7 Å². The Morgan fingerprint density at radius 1 is 1.47 bits per heavy atom. The number of nitrogens with one attached hydrogen (secondary N) is 1. The fourth-order valence-corrected chi connectivity index (χ4v) is 2.43. The molecule has 0 aromatic rings. The highest BCUT2D eigenvalue weighted by atomic mass is 16.2. The molecule has 1 heterocycles. The van der Waals surface area contributed by atoms with E-state index < -0.39 is 0 Å². The van der Waals surface area contributed by atoms with E-state index in [1.807, 2.05) is 0 Å². The van der Waals surface area contributed by atoms with E-state index in [1.54, 1.807) is 0 Å². The summed E-state index contributed by atoms with van der Waals surface area (Å²) in [5.41, 5.74) is 0. The minimum Gasteiger partial charge on any atom is -0.338 e. The van der Waals surface area contributed by atoms with Crippen molar-refractivity contribution in [3.63, 3.8) is 0 Å². The van der Waals surface area contributed by atoms with Crippen LogP contribution in [-0.4, -0.2) is 36.0 Å². The Kier molecular flexibility index (Phi) is 3.41. The lowest BCUT2D eigenvalue weighted by Gasteiger charge is -2.24. The molecule has 0 aromatic carbocycles. The predicted molar refractivity (Wildman–Crippen MR) is 60.6 cm³/mol. The van der Waals surface area contributed by atoms with E-state index in [-0.39, 0.29) is 6.04 Å². The third-order valence-corrected chi connectivity index (χ3v) is 3.30. The van der Waals surface area contributed by atoms with Crippen LogP contribution in [-0.2, 0) is 4.79 Å². The molecular weight excluding hydrogens is 188 g/mol. The first-order valence-electron chi connectivity index (χ1n) is 6.01. The molecule has 1 amide bonds. The molecule has 1 saturated heterocycles. The van der Waals surface area contributed by atoms with E-state index in [0.29, 0.717) is 11.9 Å². The van der Waals surface area contributed by atoms with Crippen LogP contribution in [0.25, 0.3) is 0 Å². The zero-order chi connectivity index (χ0) is 10.7. The maximum absolute atomic E-state index is 12.0. The summed E-state index contributed by atoms with van der Waals surface area (Å²) in [5.74, 6) is 0.317. The van der Waals surface area contributed by atoms with Crippen molar-refractivity contribution < 1.29 is 4.79 Å². The van der Waals surface area contributed by atoms with Gasteiger partial charge in [-0.15, -0.1) is 0 Å². The minimum absolute atomic E-state index is 0.0885. The van der Waals surface area contributed by atoms with Gasteiger partial charge in [-0.05, 0) is 32.2 Å². The Labute approximate surface area is 91.5 Å². The number of hydrogen-bond donors (Lipinski definition) is 1. The van der Waals surface area contributed by atoms with Gasteiger partial charge in [0.25, 0.3) is 0 Å². The topological polar surface area (TPSA) is 32.3 Å². The number of likely N-dealkylation sites (tertiary alicyclic amines) is 1. The normalized spacial score (nSPS) is 26.9. The van der Waals surface area contributed by atoms with Crippen molar-refractivity contribution in [3.8, 4) is 0 Å². The highest BCUT2D eigenvalue weighted by Gasteiger charge is 2.35. The second-order valence-corrected chi connectivity index (χ2v) is 4.42. The van der Waals surface area contributed by atoms with Crippen molar-refractivity contribution in [1.29, 1.82) is 0 Å². The van der Waals surface area contributed by atoms with Crippen LogP contribution in [0.5, 0.6) is 0 Å². The minimum atomic E-state index is 0.0885. The largest absolute Gasteiger partial charge is 0.338 e. The van der Waals surface area contributed by atoms with Crippen molar-refractivity contribution in [3.05, 3.63) is 12.2 Å². The van der Waals surface area contributed by atoms with Crippen molar-refractivity contribution >= 4 is 5.91 Å². The molecule has 1 aliphatic heterocycles. The molecule has 0 saturated carbocycles. The van der Waals surface area contributed by atoms with E-state index in [9.17, 15) is 4.79 Å². The Bertz CT molecular complexity index is 254. The SMILES string of the molecule is CCCNC1CCN(C2CC=CC2)C1=O. The van der Waals surface area contributed by atoms with Gasteiger partial charge in [-0.2, -0.15) is 0 Å². The summed E-state index contributed by atoms with van der Waals surface area (Å²) in [4.78, 5) is 14.1. The number of carbonyl (C=O) groups excluding carboxylic acids is 1. The average molecular weight is 208 g/mol. The van der Waals surface area contributed by atoms with Gasteiger partial charge in [0.05, 0.1) is 6.04 Å². The number of amides is 1. The van der Waals surface area contributed by atoms with Crippen LogP contribution < -0.4 is 5.32 Å². The van der Waals surface area contributed by atoms with Crippen molar-refractivity contribution in [2.75, 3.05) is 13.1 Å². The van der Waals surface area contributed by atoms with Crippen LogP contribution in [0.1, 0.15) is 32.6 Å². The van der Waals surface area contributed by atoms with E-state index in [0.717, 1.165) is 38.8 Å². The molecule has 0 radical (unpaired) electrons. The summed E-state index contributed by atoms with van der Waals surface area (Å²) >= 11 is 0. The molecule has 2 aliphatic rings. The zero-order valence-electron chi connectivity index (χ0n) is 9.41. The van der Waals surface area contributed by atoms with Gasteiger partial charge in [0.2, 0.25) is 5.91 Å². The van der Waals surface area contributed by atoms with Crippen molar-refractivity contribution in [2.24, 2.45) is 0 Å². The van der Waals surface area contributed by atoms with Gasteiger partial charge in [0.15, 0.2) is 0 Å². The van der Waals surface area contributed by atoms with E-state index in [1.165, 1.54) is 0 Å². The Morgan fingerprint density at radius 2 is 2.20 bits per heavy atom. The lowest BCUT2D eigenvalue weighted by molar-refractivity contribution is -0.131. The first-order valence-corrected chi connectivity index (χ1v) is 6.01. The lowest BCUT2D eigenvalue weighted by atomic mass is 10.2. The predicted octanol–water partition coefficient (Wildman–Crippen LogP) is 1.31. The van der Waals surface area contributed by atoms with Gasteiger partial charge < -0.3 is 10.2 Å². The first kappa shape index (κ1) is 10.7. The summed E-state index contributed by atoms with van der Waals surface area (Å²) < 4.78 is 0. The van der Waals surface area contributed by atoms with Crippen LogP contribution in [0.3, 0.4) is 0 Å². The molecule has 2 rings (SSSR count).